The largest absolute Gasteiger partial charge is 0.508 e. The van der Waals surface area contributed by atoms with E-state index in [9.17, 15) is 20.1 Å². The normalized spacial score (nSPS) is 24.7. The van der Waals surface area contributed by atoms with Crippen molar-refractivity contribution >= 4 is 5.78 Å². The van der Waals surface area contributed by atoms with Gasteiger partial charge in [-0.15, -0.1) is 0 Å². The van der Waals surface area contributed by atoms with E-state index in [4.69, 9.17) is 4.74 Å². The maximum atomic E-state index is 11.8. The first-order chi connectivity index (χ1) is 11.0. The summed E-state index contributed by atoms with van der Waals surface area (Å²) in [6.07, 6.45) is 4.31. The number of rotatable bonds is 0. The van der Waals surface area contributed by atoms with Gasteiger partial charge in [0.2, 0.25) is 0 Å². The smallest absolute Gasteiger partial charge is 0.185 e. The zero-order valence-corrected chi connectivity index (χ0v) is 13.6. The summed E-state index contributed by atoms with van der Waals surface area (Å²) in [7, 11) is 0. The lowest BCUT2D eigenvalue weighted by atomic mass is 9.97. The molecule has 0 fully saturated rings. The molecule has 1 aromatic rings. The molecule has 3 N–H and O–H groups in total. The Bertz CT molecular complexity index is 540. The first-order valence-electron chi connectivity index (χ1n) is 8.37. The Morgan fingerprint density at radius 3 is 2.52 bits per heavy atom. The van der Waals surface area contributed by atoms with Crippen molar-refractivity contribution in [2.24, 2.45) is 0 Å². The number of phenolic OH excluding ortho intramolecular Hbond substituents is 2. The van der Waals surface area contributed by atoms with E-state index in [2.05, 4.69) is 0 Å². The van der Waals surface area contributed by atoms with Gasteiger partial charge >= 0.3 is 0 Å². The van der Waals surface area contributed by atoms with Crippen LogP contribution in [0.3, 0.4) is 0 Å². The number of benzene rings is 1. The molecule has 0 radical (unpaired) electrons. The third kappa shape index (κ3) is 5.22. The van der Waals surface area contributed by atoms with Crippen LogP contribution in [0.5, 0.6) is 11.5 Å². The molecule has 0 amide bonds. The number of aryl methyl sites for hydroxylation is 1. The van der Waals surface area contributed by atoms with Gasteiger partial charge < -0.3 is 20.1 Å². The van der Waals surface area contributed by atoms with Gasteiger partial charge in [-0.25, -0.2) is 0 Å². The second-order valence-electron chi connectivity index (χ2n) is 6.33. The molecule has 0 spiro atoms. The number of aliphatic hydroxyl groups excluding tert-OH is 1. The number of hydrogen-bond acceptors (Lipinski definition) is 5. The predicted molar refractivity (Wildman–Crippen MR) is 86.3 cm³/mol. The van der Waals surface area contributed by atoms with Gasteiger partial charge in [-0.2, -0.15) is 0 Å². The average Bonchev–Trinajstić information content (AvgIpc) is 2.45. The van der Waals surface area contributed by atoms with E-state index in [1.54, 1.807) is 6.07 Å². The fourth-order valence-electron chi connectivity index (χ4n) is 3.05. The zero-order valence-electron chi connectivity index (χ0n) is 13.6. The lowest BCUT2D eigenvalue weighted by Crippen LogP contribution is -2.16. The van der Waals surface area contributed by atoms with E-state index in [1.807, 2.05) is 6.92 Å². The third-order valence-electron chi connectivity index (χ3n) is 4.30. The van der Waals surface area contributed by atoms with Gasteiger partial charge in [0.15, 0.2) is 6.29 Å². The molecule has 0 aliphatic carbocycles. The number of ether oxygens (including phenoxy) is 1. The Morgan fingerprint density at radius 1 is 1.04 bits per heavy atom. The van der Waals surface area contributed by atoms with E-state index in [-0.39, 0.29) is 23.4 Å². The van der Waals surface area contributed by atoms with Crippen molar-refractivity contribution in [3.63, 3.8) is 0 Å². The Labute approximate surface area is 136 Å². The number of carbonyl (C=O) groups is 1. The summed E-state index contributed by atoms with van der Waals surface area (Å²) in [5, 5.41) is 30.1. The lowest BCUT2D eigenvalue weighted by molar-refractivity contribution is -0.138. The summed E-state index contributed by atoms with van der Waals surface area (Å²) >= 11 is 0. The Hall–Kier alpha value is -1.59. The van der Waals surface area contributed by atoms with Crippen LogP contribution in [0.4, 0.5) is 0 Å². The van der Waals surface area contributed by atoms with Crippen LogP contribution in [0.2, 0.25) is 0 Å². The van der Waals surface area contributed by atoms with Gasteiger partial charge in [0.1, 0.15) is 17.3 Å². The van der Waals surface area contributed by atoms with Crippen LogP contribution in [0, 0.1) is 0 Å². The van der Waals surface area contributed by atoms with Crippen LogP contribution in [-0.4, -0.2) is 27.2 Å². The zero-order chi connectivity index (χ0) is 16.8. The summed E-state index contributed by atoms with van der Waals surface area (Å²) in [5.74, 6) is 0.102. The highest BCUT2D eigenvalue weighted by atomic mass is 16.6. The van der Waals surface area contributed by atoms with Gasteiger partial charge in [0.05, 0.1) is 11.7 Å². The van der Waals surface area contributed by atoms with Crippen molar-refractivity contribution in [3.8, 4) is 11.5 Å². The van der Waals surface area contributed by atoms with Gasteiger partial charge in [-0.05, 0) is 50.7 Å². The van der Waals surface area contributed by atoms with Crippen LogP contribution in [-0.2, 0) is 16.0 Å². The molecule has 1 aliphatic rings. The number of aliphatic hydroxyl groups is 1. The van der Waals surface area contributed by atoms with E-state index >= 15 is 0 Å². The monoisotopic (exact) mass is 322 g/mol. The topological polar surface area (TPSA) is 87.0 Å². The fourth-order valence-corrected chi connectivity index (χ4v) is 3.05. The number of fused-ring (bicyclic) bond motifs is 1. The first kappa shape index (κ1) is 17.8. The van der Waals surface area contributed by atoms with Gasteiger partial charge in [0.25, 0.3) is 0 Å². The molecule has 128 valence electrons. The molecule has 23 heavy (non-hydrogen) atoms. The number of ketones is 1. The molecule has 0 aromatic heterocycles. The summed E-state index contributed by atoms with van der Waals surface area (Å²) in [5.41, 5.74) is 1.02. The molecular formula is C18H26O5. The van der Waals surface area contributed by atoms with Crippen LogP contribution < -0.4 is 0 Å². The molecule has 1 aromatic carbocycles. The van der Waals surface area contributed by atoms with Gasteiger partial charge in [0, 0.05) is 18.9 Å². The first-order valence-corrected chi connectivity index (χ1v) is 8.37. The maximum Gasteiger partial charge on any atom is 0.185 e. The van der Waals surface area contributed by atoms with E-state index in [0.29, 0.717) is 36.8 Å². The fraction of sp³-hybridized carbons (Fsp3) is 0.611. The highest BCUT2D eigenvalue weighted by Crippen LogP contribution is 2.34. The van der Waals surface area contributed by atoms with Crippen LogP contribution in [0.1, 0.15) is 69.3 Å². The lowest BCUT2D eigenvalue weighted by Gasteiger charge is -2.22. The molecule has 0 saturated heterocycles. The number of aromatic hydroxyl groups is 2. The standard InChI is InChI=1S/C18H26O5/c1-12-6-5-9-14(19)8-4-2-3-7-13-10-15(20)11-16(21)17(13)18(22)23-12/h10-12,18,20-22H,2-9H2,1H3. The van der Waals surface area contributed by atoms with Crippen molar-refractivity contribution < 1.29 is 24.9 Å². The molecule has 2 rings (SSSR count). The minimum atomic E-state index is -1.24. The molecule has 5 heteroatoms. The SMILES string of the molecule is CC1CCCC(=O)CCCCCc2cc(O)cc(O)c2C(O)O1. The summed E-state index contributed by atoms with van der Waals surface area (Å²) in [6.45, 7) is 1.84. The third-order valence-corrected chi connectivity index (χ3v) is 4.30. The van der Waals surface area contributed by atoms with Crippen LogP contribution >= 0.6 is 0 Å². The van der Waals surface area contributed by atoms with Crippen LogP contribution in [0.15, 0.2) is 12.1 Å². The molecule has 0 saturated carbocycles. The molecule has 1 aliphatic heterocycles. The molecule has 1 heterocycles. The van der Waals surface area contributed by atoms with Gasteiger partial charge in [-0.1, -0.05) is 6.42 Å². The summed E-state index contributed by atoms with van der Waals surface area (Å²) < 4.78 is 5.58. The van der Waals surface area contributed by atoms with E-state index in [0.717, 1.165) is 25.7 Å². The minimum absolute atomic E-state index is 0.0298. The summed E-state index contributed by atoms with van der Waals surface area (Å²) in [6, 6.07) is 2.78. The van der Waals surface area contributed by atoms with Crippen molar-refractivity contribution in [2.45, 2.75) is 70.7 Å². The average molecular weight is 322 g/mol. The minimum Gasteiger partial charge on any atom is -0.508 e. The van der Waals surface area contributed by atoms with E-state index < -0.39 is 6.29 Å². The van der Waals surface area contributed by atoms with E-state index in [1.165, 1.54) is 6.07 Å². The highest BCUT2D eigenvalue weighted by Gasteiger charge is 2.21. The van der Waals surface area contributed by atoms with Gasteiger partial charge in [-0.3, -0.25) is 4.79 Å². The summed E-state index contributed by atoms with van der Waals surface area (Å²) in [4.78, 5) is 11.8. The predicted octanol–water partition coefficient (Wildman–Crippen LogP) is 3.35. The number of carbonyl (C=O) groups excluding carboxylic acids is 1. The second-order valence-corrected chi connectivity index (χ2v) is 6.33. The number of hydrogen-bond donors (Lipinski definition) is 3. The molecule has 2 atom stereocenters. The Morgan fingerprint density at radius 2 is 1.74 bits per heavy atom. The maximum absolute atomic E-state index is 11.8. The van der Waals surface area contributed by atoms with Crippen molar-refractivity contribution in [1.82, 2.24) is 0 Å². The molecule has 5 nitrogen and oxygen atoms in total. The van der Waals surface area contributed by atoms with Crippen molar-refractivity contribution in [2.75, 3.05) is 0 Å². The van der Waals surface area contributed by atoms with Crippen molar-refractivity contribution in [3.05, 3.63) is 23.3 Å². The molecule has 2 unspecified atom stereocenters. The molecular weight excluding hydrogens is 296 g/mol. The highest BCUT2D eigenvalue weighted by molar-refractivity contribution is 5.78. The Kier molecular flexibility index (Phi) is 6.42. The van der Waals surface area contributed by atoms with Crippen molar-refractivity contribution in [1.29, 1.82) is 0 Å². The second kappa shape index (κ2) is 8.31. The molecule has 0 bridgehead atoms. The van der Waals surface area contributed by atoms with Crippen LogP contribution in [0.25, 0.3) is 0 Å². The quantitative estimate of drug-likeness (QED) is 0.682. The Balaban J connectivity index is 2.21. The number of Topliss-reactive ketones (excluding diaryl/α,β-unsaturated/α-hetero) is 1. The number of phenols is 2.